The van der Waals surface area contributed by atoms with Crippen LogP contribution in [0, 0.1) is 17.4 Å². The number of aryl methyl sites for hydroxylation is 2. The zero-order valence-electron chi connectivity index (χ0n) is 10.7. The standard InChI is InChI=1S/C13H15IN4/c1-4-15-13-11(14)9(3)17-12(18-13)10-6-5-8(2)16-7-10/h5-7H,4H2,1-3H3,(H,15,17,18). The fourth-order valence-electron chi connectivity index (χ4n) is 1.57. The third-order valence-electron chi connectivity index (χ3n) is 2.53. The second-order valence-corrected chi connectivity index (χ2v) is 5.09. The van der Waals surface area contributed by atoms with Crippen LogP contribution in [0.2, 0.25) is 0 Å². The summed E-state index contributed by atoms with van der Waals surface area (Å²) in [6, 6.07) is 3.97. The number of pyridine rings is 1. The maximum atomic E-state index is 4.55. The molecule has 0 saturated heterocycles. The molecule has 0 atom stereocenters. The van der Waals surface area contributed by atoms with Crippen molar-refractivity contribution in [2.75, 3.05) is 11.9 Å². The third kappa shape index (κ3) is 2.77. The molecule has 2 aromatic rings. The molecule has 0 bridgehead atoms. The van der Waals surface area contributed by atoms with Crippen LogP contribution in [0.15, 0.2) is 18.3 Å². The zero-order valence-corrected chi connectivity index (χ0v) is 12.8. The fourth-order valence-corrected chi connectivity index (χ4v) is 2.00. The summed E-state index contributed by atoms with van der Waals surface area (Å²) in [5.41, 5.74) is 2.92. The van der Waals surface area contributed by atoms with Gasteiger partial charge in [-0.1, -0.05) is 0 Å². The summed E-state index contributed by atoms with van der Waals surface area (Å²) in [5.74, 6) is 1.61. The largest absolute Gasteiger partial charge is 0.369 e. The molecule has 0 unspecified atom stereocenters. The van der Waals surface area contributed by atoms with Crippen LogP contribution in [0.4, 0.5) is 5.82 Å². The van der Waals surface area contributed by atoms with E-state index >= 15 is 0 Å². The lowest BCUT2D eigenvalue weighted by Crippen LogP contribution is -2.06. The molecule has 0 aliphatic rings. The quantitative estimate of drug-likeness (QED) is 0.861. The van der Waals surface area contributed by atoms with Gasteiger partial charge in [0.1, 0.15) is 5.82 Å². The first-order chi connectivity index (χ1) is 8.61. The zero-order chi connectivity index (χ0) is 13.1. The number of rotatable bonds is 3. The molecule has 2 rings (SSSR count). The molecule has 0 spiro atoms. The topological polar surface area (TPSA) is 50.7 Å². The van der Waals surface area contributed by atoms with Gasteiger partial charge in [0.05, 0.1) is 9.26 Å². The fraction of sp³-hybridized carbons (Fsp3) is 0.308. The van der Waals surface area contributed by atoms with E-state index in [9.17, 15) is 0 Å². The van der Waals surface area contributed by atoms with Crippen molar-refractivity contribution >= 4 is 28.4 Å². The predicted octanol–water partition coefficient (Wildman–Crippen LogP) is 3.19. The second-order valence-electron chi connectivity index (χ2n) is 4.01. The van der Waals surface area contributed by atoms with Gasteiger partial charge in [-0.15, -0.1) is 0 Å². The van der Waals surface area contributed by atoms with Gasteiger partial charge in [-0.05, 0) is 55.5 Å². The Morgan fingerprint density at radius 2 is 2.00 bits per heavy atom. The Bertz CT molecular complexity index is 552. The van der Waals surface area contributed by atoms with E-state index < -0.39 is 0 Å². The molecule has 0 aromatic carbocycles. The van der Waals surface area contributed by atoms with Crippen LogP contribution >= 0.6 is 22.6 Å². The Morgan fingerprint density at radius 3 is 2.61 bits per heavy atom. The van der Waals surface area contributed by atoms with Crippen molar-refractivity contribution in [3.8, 4) is 11.4 Å². The number of nitrogens with zero attached hydrogens (tertiary/aromatic N) is 3. The van der Waals surface area contributed by atoms with E-state index in [-0.39, 0.29) is 0 Å². The minimum absolute atomic E-state index is 0.719. The van der Waals surface area contributed by atoms with E-state index in [0.29, 0.717) is 0 Å². The number of halogens is 1. The summed E-state index contributed by atoms with van der Waals surface area (Å²) in [7, 11) is 0. The highest BCUT2D eigenvalue weighted by atomic mass is 127. The average Bonchev–Trinajstić information content (AvgIpc) is 2.36. The molecule has 0 fully saturated rings. The first-order valence-electron chi connectivity index (χ1n) is 5.83. The number of anilines is 1. The van der Waals surface area contributed by atoms with Crippen molar-refractivity contribution in [2.45, 2.75) is 20.8 Å². The first kappa shape index (κ1) is 13.2. The third-order valence-corrected chi connectivity index (χ3v) is 3.82. The van der Waals surface area contributed by atoms with Gasteiger partial charge in [0.2, 0.25) is 0 Å². The molecule has 0 saturated carbocycles. The Balaban J connectivity index is 2.48. The predicted molar refractivity (Wildman–Crippen MR) is 81.6 cm³/mol. The molecule has 2 aromatic heterocycles. The Kier molecular flexibility index (Phi) is 4.11. The van der Waals surface area contributed by atoms with Gasteiger partial charge in [-0.2, -0.15) is 0 Å². The number of nitrogens with one attached hydrogen (secondary N) is 1. The van der Waals surface area contributed by atoms with Crippen LogP contribution in [0.1, 0.15) is 18.3 Å². The maximum Gasteiger partial charge on any atom is 0.163 e. The van der Waals surface area contributed by atoms with E-state index in [4.69, 9.17) is 0 Å². The van der Waals surface area contributed by atoms with Gasteiger partial charge >= 0.3 is 0 Å². The van der Waals surface area contributed by atoms with Gasteiger partial charge in [0.15, 0.2) is 5.82 Å². The highest BCUT2D eigenvalue weighted by Crippen LogP contribution is 2.23. The minimum atomic E-state index is 0.719. The van der Waals surface area contributed by atoms with E-state index in [2.05, 4.69) is 49.8 Å². The molecule has 1 N–H and O–H groups in total. The summed E-state index contributed by atoms with van der Waals surface area (Å²) in [4.78, 5) is 13.4. The average molecular weight is 354 g/mol. The van der Waals surface area contributed by atoms with Crippen molar-refractivity contribution in [1.82, 2.24) is 15.0 Å². The summed E-state index contributed by atoms with van der Waals surface area (Å²) >= 11 is 2.27. The summed E-state index contributed by atoms with van der Waals surface area (Å²) in [6.45, 7) is 6.86. The second kappa shape index (κ2) is 5.60. The van der Waals surface area contributed by atoms with Gasteiger partial charge in [-0.25, -0.2) is 9.97 Å². The summed E-state index contributed by atoms with van der Waals surface area (Å²) in [6.07, 6.45) is 1.81. The lowest BCUT2D eigenvalue weighted by atomic mass is 10.2. The van der Waals surface area contributed by atoms with E-state index in [1.54, 1.807) is 0 Å². The van der Waals surface area contributed by atoms with Gasteiger partial charge < -0.3 is 5.32 Å². The molecule has 2 heterocycles. The lowest BCUT2D eigenvalue weighted by Gasteiger charge is -2.10. The monoisotopic (exact) mass is 354 g/mol. The highest BCUT2D eigenvalue weighted by Gasteiger charge is 2.10. The molecule has 0 radical (unpaired) electrons. The molecule has 94 valence electrons. The van der Waals surface area contributed by atoms with Crippen LogP contribution < -0.4 is 5.32 Å². The van der Waals surface area contributed by atoms with E-state index in [1.165, 1.54) is 0 Å². The summed E-state index contributed by atoms with van der Waals surface area (Å²) in [5, 5.41) is 3.26. The minimum Gasteiger partial charge on any atom is -0.369 e. The van der Waals surface area contributed by atoms with Crippen molar-refractivity contribution in [3.63, 3.8) is 0 Å². The highest BCUT2D eigenvalue weighted by molar-refractivity contribution is 14.1. The van der Waals surface area contributed by atoms with Gasteiger partial charge in [-0.3, -0.25) is 4.98 Å². The Labute approximate surface area is 120 Å². The van der Waals surface area contributed by atoms with Crippen LogP contribution in [0.5, 0.6) is 0 Å². The summed E-state index contributed by atoms with van der Waals surface area (Å²) < 4.78 is 1.07. The number of aromatic nitrogens is 3. The van der Waals surface area contributed by atoms with Crippen LogP contribution in [0.25, 0.3) is 11.4 Å². The van der Waals surface area contributed by atoms with Crippen molar-refractivity contribution in [2.24, 2.45) is 0 Å². The van der Waals surface area contributed by atoms with Crippen LogP contribution in [0.3, 0.4) is 0 Å². The SMILES string of the molecule is CCNc1nc(-c2ccc(C)nc2)nc(C)c1I. The maximum absolute atomic E-state index is 4.55. The van der Waals surface area contributed by atoms with Crippen LogP contribution in [-0.4, -0.2) is 21.5 Å². The van der Waals surface area contributed by atoms with Crippen molar-refractivity contribution < 1.29 is 0 Å². The number of hydrogen-bond acceptors (Lipinski definition) is 4. The molecule has 0 aliphatic heterocycles. The smallest absolute Gasteiger partial charge is 0.163 e. The normalized spacial score (nSPS) is 10.4. The van der Waals surface area contributed by atoms with Gasteiger partial charge in [0.25, 0.3) is 0 Å². The number of hydrogen-bond donors (Lipinski definition) is 1. The molecular weight excluding hydrogens is 339 g/mol. The van der Waals surface area contributed by atoms with E-state index in [1.807, 2.05) is 32.2 Å². The Hall–Kier alpha value is -1.24. The lowest BCUT2D eigenvalue weighted by molar-refractivity contribution is 1.06. The molecule has 18 heavy (non-hydrogen) atoms. The van der Waals surface area contributed by atoms with E-state index in [0.717, 1.165) is 38.7 Å². The Morgan fingerprint density at radius 1 is 1.22 bits per heavy atom. The first-order valence-corrected chi connectivity index (χ1v) is 6.90. The molecular formula is C13H15IN4. The van der Waals surface area contributed by atoms with Crippen LogP contribution in [-0.2, 0) is 0 Å². The van der Waals surface area contributed by atoms with Crippen molar-refractivity contribution in [3.05, 3.63) is 33.3 Å². The van der Waals surface area contributed by atoms with Gasteiger partial charge in [0, 0.05) is 24.0 Å². The van der Waals surface area contributed by atoms with Crippen molar-refractivity contribution in [1.29, 1.82) is 0 Å². The molecule has 5 heteroatoms. The molecule has 4 nitrogen and oxygen atoms in total. The molecule has 0 aliphatic carbocycles. The molecule has 0 amide bonds.